The normalized spacial score (nSPS) is 10.9. The largest absolute Gasteiger partial charge is 0.289 e. The Labute approximate surface area is 180 Å². The zero-order chi connectivity index (χ0) is 21.1. The van der Waals surface area contributed by atoms with Crippen molar-refractivity contribution >= 4 is 27.8 Å². The summed E-state index contributed by atoms with van der Waals surface area (Å²) in [6, 6.07) is 13.8. The van der Waals surface area contributed by atoms with Crippen molar-refractivity contribution in [3.63, 3.8) is 0 Å². The Bertz CT molecular complexity index is 1170. The van der Waals surface area contributed by atoms with Crippen LogP contribution in [0.5, 0.6) is 0 Å². The monoisotopic (exact) mass is 468 g/mol. The van der Waals surface area contributed by atoms with E-state index in [1.165, 1.54) is 18.3 Å². The molecule has 0 saturated carbocycles. The number of anilines is 1. The third kappa shape index (κ3) is 4.30. The van der Waals surface area contributed by atoms with Crippen LogP contribution in [0.2, 0.25) is 0 Å². The van der Waals surface area contributed by atoms with Gasteiger partial charge in [-0.05, 0) is 48.4 Å². The minimum Gasteiger partial charge on any atom is -0.289 e. The van der Waals surface area contributed by atoms with E-state index in [4.69, 9.17) is 0 Å². The van der Waals surface area contributed by atoms with Crippen LogP contribution in [0.1, 0.15) is 28.5 Å². The van der Waals surface area contributed by atoms with Crippen molar-refractivity contribution in [1.82, 2.24) is 24.5 Å². The first-order valence-corrected chi connectivity index (χ1v) is 10.1. The molecule has 0 fully saturated rings. The fraction of sp³-hybridized carbons (Fsp3) is 0.143. The molecule has 0 aliphatic rings. The molecule has 30 heavy (non-hydrogen) atoms. The fourth-order valence-corrected chi connectivity index (χ4v) is 3.35. The molecule has 0 aliphatic heterocycles. The summed E-state index contributed by atoms with van der Waals surface area (Å²) in [4.78, 5) is 16.9. The Kier molecular flexibility index (Phi) is 5.71. The third-order valence-electron chi connectivity index (χ3n) is 4.54. The van der Waals surface area contributed by atoms with Crippen molar-refractivity contribution in [3.05, 3.63) is 88.2 Å². The Morgan fingerprint density at radius 3 is 2.57 bits per heavy atom. The average Bonchev–Trinajstić information content (AvgIpc) is 3.37. The van der Waals surface area contributed by atoms with Gasteiger partial charge in [-0.25, -0.2) is 18.7 Å². The van der Waals surface area contributed by atoms with Crippen LogP contribution in [-0.2, 0) is 13.0 Å². The first-order valence-electron chi connectivity index (χ1n) is 9.31. The molecule has 2 heterocycles. The number of rotatable bonds is 6. The predicted molar refractivity (Wildman–Crippen MR) is 114 cm³/mol. The molecule has 1 amide bonds. The molecule has 0 unspecified atom stereocenters. The van der Waals surface area contributed by atoms with Gasteiger partial charge in [0.05, 0.1) is 29.7 Å². The summed E-state index contributed by atoms with van der Waals surface area (Å²) >= 11 is 3.41. The molecule has 0 bridgehead atoms. The van der Waals surface area contributed by atoms with Gasteiger partial charge in [0.25, 0.3) is 5.91 Å². The van der Waals surface area contributed by atoms with E-state index in [9.17, 15) is 9.18 Å². The Morgan fingerprint density at radius 1 is 1.13 bits per heavy atom. The molecular weight excluding hydrogens is 451 g/mol. The maximum atomic E-state index is 13.2. The van der Waals surface area contributed by atoms with Crippen molar-refractivity contribution in [2.24, 2.45) is 0 Å². The van der Waals surface area contributed by atoms with Crippen LogP contribution in [0.25, 0.3) is 5.69 Å². The number of amides is 1. The summed E-state index contributed by atoms with van der Waals surface area (Å²) in [5, 5.41) is 11.3. The second-order valence-corrected chi connectivity index (χ2v) is 7.51. The molecule has 0 radical (unpaired) electrons. The SMILES string of the molecule is CCc1c(C(=O)Nc2ncn(Cc3ccc(Br)cc3)n2)cnn1-c1ccc(F)cc1. The van der Waals surface area contributed by atoms with Gasteiger partial charge in [-0.1, -0.05) is 35.0 Å². The lowest BCUT2D eigenvalue weighted by atomic mass is 10.2. The molecule has 2 aromatic carbocycles. The van der Waals surface area contributed by atoms with Crippen molar-refractivity contribution in [2.45, 2.75) is 19.9 Å². The highest BCUT2D eigenvalue weighted by atomic mass is 79.9. The number of halogens is 2. The van der Waals surface area contributed by atoms with Crippen molar-refractivity contribution in [2.75, 3.05) is 5.32 Å². The van der Waals surface area contributed by atoms with Gasteiger partial charge in [-0.2, -0.15) is 5.10 Å². The van der Waals surface area contributed by atoms with E-state index in [1.54, 1.807) is 27.8 Å². The number of hydrogen-bond acceptors (Lipinski definition) is 4. The fourth-order valence-electron chi connectivity index (χ4n) is 3.08. The Hall–Kier alpha value is -3.33. The summed E-state index contributed by atoms with van der Waals surface area (Å²) < 4.78 is 17.5. The first-order chi connectivity index (χ1) is 14.5. The van der Waals surface area contributed by atoms with Gasteiger partial charge in [0.2, 0.25) is 5.95 Å². The molecule has 0 aliphatic carbocycles. The quantitative estimate of drug-likeness (QED) is 0.459. The number of carbonyl (C=O) groups is 1. The number of carbonyl (C=O) groups excluding carboxylic acids is 1. The highest BCUT2D eigenvalue weighted by Gasteiger charge is 2.18. The Morgan fingerprint density at radius 2 is 1.87 bits per heavy atom. The number of aromatic nitrogens is 5. The molecule has 7 nitrogen and oxygen atoms in total. The van der Waals surface area contributed by atoms with Crippen LogP contribution >= 0.6 is 15.9 Å². The standard InChI is InChI=1S/C21H18BrFN6O/c1-2-19-18(11-25-29(19)17-9-7-16(23)8-10-17)20(30)26-21-24-13-28(27-21)12-14-3-5-15(22)6-4-14/h3-11,13H,2,12H2,1H3,(H,26,27,30). The lowest BCUT2D eigenvalue weighted by Crippen LogP contribution is -2.15. The van der Waals surface area contributed by atoms with Crippen molar-refractivity contribution in [3.8, 4) is 5.69 Å². The second kappa shape index (κ2) is 8.58. The van der Waals surface area contributed by atoms with E-state index in [-0.39, 0.29) is 17.7 Å². The summed E-state index contributed by atoms with van der Waals surface area (Å²) in [6.07, 6.45) is 3.64. The molecule has 0 atom stereocenters. The highest BCUT2D eigenvalue weighted by Crippen LogP contribution is 2.17. The van der Waals surface area contributed by atoms with Gasteiger partial charge in [-0.15, -0.1) is 5.10 Å². The van der Waals surface area contributed by atoms with E-state index in [1.807, 2.05) is 31.2 Å². The molecule has 4 rings (SSSR count). The number of nitrogens with zero attached hydrogens (tertiary/aromatic N) is 5. The van der Waals surface area contributed by atoms with Gasteiger partial charge >= 0.3 is 0 Å². The zero-order valence-electron chi connectivity index (χ0n) is 16.1. The van der Waals surface area contributed by atoms with E-state index >= 15 is 0 Å². The van der Waals surface area contributed by atoms with Gasteiger partial charge < -0.3 is 0 Å². The summed E-state index contributed by atoms with van der Waals surface area (Å²) in [5.74, 6) is -0.456. The number of nitrogens with one attached hydrogen (secondary N) is 1. The summed E-state index contributed by atoms with van der Waals surface area (Å²) in [7, 11) is 0. The van der Waals surface area contributed by atoms with Crippen LogP contribution in [0, 0.1) is 5.82 Å². The predicted octanol–water partition coefficient (Wildman–Crippen LogP) is 4.23. The third-order valence-corrected chi connectivity index (χ3v) is 5.07. The van der Waals surface area contributed by atoms with Gasteiger partial charge in [0.15, 0.2) is 0 Å². The molecule has 152 valence electrons. The number of benzene rings is 2. The van der Waals surface area contributed by atoms with Gasteiger partial charge in [0.1, 0.15) is 12.1 Å². The van der Waals surface area contributed by atoms with Gasteiger partial charge in [-0.3, -0.25) is 10.1 Å². The molecule has 1 N–H and O–H groups in total. The Balaban J connectivity index is 1.50. The first kappa shape index (κ1) is 20.0. The molecule has 4 aromatic rings. The highest BCUT2D eigenvalue weighted by molar-refractivity contribution is 9.10. The van der Waals surface area contributed by atoms with E-state index in [0.717, 1.165) is 10.0 Å². The summed E-state index contributed by atoms with van der Waals surface area (Å²) in [5.41, 5.74) is 2.89. The molecule has 2 aromatic heterocycles. The molecule has 0 spiro atoms. The average molecular weight is 469 g/mol. The molecular formula is C21H18BrFN6O. The molecule has 9 heteroatoms. The minimum absolute atomic E-state index is 0.216. The van der Waals surface area contributed by atoms with E-state index in [2.05, 4.69) is 36.4 Å². The van der Waals surface area contributed by atoms with Crippen LogP contribution in [0.15, 0.2) is 65.5 Å². The van der Waals surface area contributed by atoms with Crippen LogP contribution in [0.4, 0.5) is 10.3 Å². The topological polar surface area (TPSA) is 77.6 Å². The molecule has 0 saturated heterocycles. The van der Waals surface area contributed by atoms with Crippen molar-refractivity contribution < 1.29 is 9.18 Å². The van der Waals surface area contributed by atoms with Crippen LogP contribution in [-0.4, -0.2) is 30.5 Å². The second-order valence-electron chi connectivity index (χ2n) is 6.59. The van der Waals surface area contributed by atoms with Gasteiger partial charge in [0, 0.05) is 4.47 Å². The summed E-state index contributed by atoms with van der Waals surface area (Å²) in [6.45, 7) is 2.47. The number of hydrogen-bond donors (Lipinski definition) is 1. The lowest BCUT2D eigenvalue weighted by Gasteiger charge is -2.07. The van der Waals surface area contributed by atoms with Crippen LogP contribution in [0.3, 0.4) is 0 Å². The maximum Gasteiger partial charge on any atom is 0.261 e. The van der Waals surface area contributed by atoms with Crippen LogP contribution < -0.4 is 5.32 Å². The maximum absolute atomic E-state index is 13.2. The van der Waals surface area contributed by atoms with E-state index < -0.39 is 0 Å². The lowest BCUT2D eigenvalue weighted by molar-refractivity contribution is 0.102. The van der Waals surface area contributed by atoms with E-state index in [0.29, 0.717) is 29.9 Å². The zero-order valence-corrected chi connectivity index (χ0v) is 17.7. The minimum atomic E-state index is -0.346. The smallest absolute Gasteiger partial charge is 0.261 e. The van der Waals surface area contributed by atoms with Crippen molar-refractivity contribution in [1.29, 1.82) is 0 Å².